The van der Waals surface area contributed by atoms with Crippen LogP contribution >= 0.6 is 0 Å². The number of anilines is 1. The van der Waals surface area contributed by atoms with Crippen LogP contribution in [-0.4, -0.2) is 22.4 Å². The maximum atomic E-state index is 12.5. The first-order valence-electron chi connectivity index (χ1n) is 8.67. The van der Waals surface area contributed by atoms with Gasteiger partial charge in [-0.25, -0.2) is 9.97 Å². The molecule has 1 N–H and O–H groups in total. The summed E-state index contributed by atoms with van der Waals surface area (Å²) in [7, 11) is 0. The average molecular weight is 348 g/mol. The van der Waals surface area contributed by atoms with Gasteiger partial charge < -0.3 is 14.6 Å². The van der Waals surface area contributed by atoms with E-state index in [1.807, 2.05) is 13.0 Å². The predicted octanol–water partition coefficient (Wildman–Crippen LogP) is 2.87. The van der Waals surface area contributed by atoms with Crippen LogP contribution < -0.4 is 10.2 Å². The Balaban J connectivity index is 1.52. The number of nitrogens with one attached hydrogen (secondary N) is 1. The number of aromatic nitrogens is 2. The van der Waals surface area contributed by atoms with E-state index in [0.29, 0.717) is 23.8 Å². The van der Waals surface area contributed by atoms with Gasteiger partial charge in [-0.15, -0.1) is 0 Å². The number of furan rings is 1. The second-order valence-corrected chi connectivity index (χ2v) is 6.36. The normalized spacial score (nSPS) is 13.3. The zero-order valence-corrected chi connectivity index (χ0v) is 14.6. The molecule has 0 fully saturated rings. The van der Waals surface area contributed by atoms with E-state index in [1.54, 1.807) is 18.4 Å². The van der Waals surface area contributed by atoms with E-state index in [9.17, 15) is 4.79 Å². The maximum absolute atomic E-state index is 12.5. The highest BCUT2D eigenvalue weighted by molar-refractivity contribution is 5.92. The number of amides is 1. The molecule has 4 rings (SSSR count). The van der Waals surface area contributed by atoms with Crippen molar-refractivity contribution in [2.45, 2.75) is 26.4 Å². The van der Waals surface area contributed by atoms with Gasteiger partial charge in [-0.3, -0.25) is 4.79 Å². The Morgan fingerprint density at radius 1 is 1.19 bits per heavy atom. The number of fused-ring (bicyclic) bond motifs is 1. The van der Waals surface area contributed by atoms with Crippen molar-refractivity contribution in [3.05, 3.63) is 77.1 Å². The van der Waals surface area contributed by atoms with Gasteiger partial charge >= 0.3 is 0 Å². The first kappa shape index (κ1) is 16.3. The van der Waals surface area contributed by atoms with E-state index < -0.39 is 0 Å². The molecule has 0 radical (unpaired) electrons. The minimum atomic E-state index is -0.231. The van der Waals surface area contributed by atoms with Gasteiger partial charge in [-0.1, -0.05) is 24.3 Å². The van der Waals surface area contributed by atoms with Gasteiger partial charge in [0.25, 0.3) is 5.91 Å². The molecule has 0 unspecified atom stereocenters. The number of hydrogen-bond donors (Lipinski definition) is 1. The van der Waals surface area contributed by atoms with Crippen molar-refractivity contribution in [2.24, 2.45) is 0 Å². The summed E-state index contributed by atoms with van der Waals surface area (Å²) in [6.07, 6.45) is 2.56. The van der Waals surface area contributed by atoms with Gasteiger partial charge in [-0.2, -0.15) is 0 Å². The number of hydrogen-bond acceptors (Lipinski definition) is 5. The summed E-state index contributed by atoms with van der Waals surface area (Å²) in [5.74, 6) is 1.85. The summed E-state index contributed by atoms with van der Waals surface area (Å²) >= 11 is 0. The molecule has 0 aliphatic carbocycles. The molecule has 6 nitrogen and oxygen atoms in total. The van der Waals surface area contributed by atoms with Gasteiger partial charge in [-0.05, 0) is 36.6 Å². The molecule has 26 heavy (non-hydrogen) atoms. The number of nitrogens with zero attached hydrogens (tertiary/aromatic N) is 3. The van der Waals surface area contributed by atoms with Crippen LogP contribution in [0.4, 0.5) is 5.82 Å². The second-order valence-electron chi connectivity index (χ2n) is 6.36. The molecule has 0 atom stereocenters. The molecule has 1 aliphatic rings. The Kier molecular flexibility index (Phi) is 4.39. The molecular formula is C20H20N4O2. The average Bonchev–Trinajstić information content (AvgIpc) is 3.19. The van der Waals surface area contributed by atoms with E-state index in [0.717, 1.165) is 25.3 Å². The summed E-state index contributed by atoms with van der Waals surface area (Å²) in [6.45, 7) is 3.81. The largest absolute Gasteiger partial charge is 0.467 e. The molecule has 6 heteroatoms. The summed E-state index contributed by atoms with van der Waals surface area (Å²) < 4.78 is 5.24. The molecule has 132 valence electrons. The van der Waals surface area contributed by atoms with E-state index in [-0.39, 0.29) is 5.91 Å². The molecule has 3 aromatic rings. The molecular weight excluding hydrogens is 328 g/mol. The molecule has 0 bridgehead atoms. The fourth-order valence-corrected chi connectivity index (χ4v) is 3.19. The van der Waals surface area contributed by atoms with E-state index >= 15 is 0 Å². The number of carbonyl (C=O) groups is 1. The highest BCUT2D eigenvalue weighted by Gasteiger charge is 2.19. The smallest absolute Gasteiger partial charge is 0.270 e. The molecule has 1 aliphatic heterocycles. The van der Waals surface area contributed by atoms with Crippen molar-refractivity contribution >= 4 is 11.7 Å². The Morgan fingerprint density at radius 2 is 2.04 bits per heavy atom. The third kappa shape index (κ3) is 3.44. The number of rotatable bonds is 4. The third-order valence-electron chi connectivity index (χ3n) is 4.51. The Labute approximate surface area is 151 Å². The molecule has 1 amide bonds. The van der Waals surface area contributed by atoms with Crippen molar-refractivity contribution in [2.75, 3.05) is 11.4 Å². The molecule has 0 saturated carbocycles. The minimum Gasteiger partial charge on any atom is -0.467 e. The summed E-state index contributed by atoms with van der Waals surface area (Å²) in [5.41, 5.74) is 3.06. The lowest BCUT2D eigenvalue weighted by Gasteiger charge is -2.30. The Hall–Kier alpha value is -3.15. The van der Waals surface area contributed by atoms with Crippen LogP contribution in [0, 0.1) is 6.92 Å². The first-order valence-corrected chi connectivity index (χ1v) is 8.67. The predicted molar refractivity (Wildman–Crippen MR) is 97.8 cm³/mol. The van der Waals surface area contributed by atoms with E-state index in [4.69, 9.17) is 4.42 Å². The number of benzene rings is 1. The third-order valence-corrected chi connectivity index (χ3v) is 4.51. The van der Waals surface area contributed by atoms with Gasteiger partial charge in [0.05, 0.1) is 12.8 Å². The number of aryl methyl sites for hydroxylation is 1. The lowest BCUT2D eigenvalue weighted by Crippen LogP contribution is -2.32. The number of carbonyl (C=O) groups excluding carboxylic acids is 1. The van der Waals surface area contributed by atoms with E-state index in [1.165, 1.54) is 11.1 Å². The van der Waals surface area contributed by atoms with Crippen LogP contribution in [0.1, 0.15) is 33.2 Å². The Bertz CT molecular complexity index is 921. The van der Waals surface area contributed by atoms with Crippen molar-refractivity contribution in [3.8, 4) is 0 Å². The first-order chi connectivity index (χ1) is 12.7. The summed E-state index contributed by atoms with van der Waals surface area (Å²) in [5, 5.41) is 2.83. The molecule has 3 heterocycles. The molecule has 0 saturated heterocycles. The van der Waals surface area contributed by atoms with E-state index in [2.05, 4.69) is 44.5 Å². The topological polar surface area (TPSA) is 71.3 Å². The van der Waals surface area contributed by atoms with Crippen LogP contribution in [0.5, 0.6) is 0 Å². The molecule has 1 aromatic carbocycles. The lowest BCUT2D eigenvalue weighted by molar-refractivity contribution is 0.0942. The van der Waals surface area contributed by atoms with Gasteiger partial charge in [0.1, 0.15) is 23.1 Å². The van der Waals surface area contributed by atoms with Gasteiger partial charge in [0.15, 0.2) is 0 Å². The molecule has 0 spiro atoms. The van der Waals surface area contributed by atoms with Gasteiger partial charge in [0, 0.05) is 19.2 Å². The maximum Gasteiger partial charge on any atom is 0.270 e. The van der Waals surface area contributed by atoms with Crippen LogP contribution in [0.25, 0.3) is 0 Å². The molecule has 2 aromatic heterocycles. The van der Waals surface area contributed by atoms with Crippen LogP contribution in [0.3, 0.4) is 0 Å². The fraction of sp³-hybridized carbons (Fsp3) is 0.250. The van der Waals surface area contributed by atoms with Crippen LogP contribution in [0.2, 0.25) is 0 Å². The highest BCUT2D eigenvalue weighted by Crippen LogP contribution is 2.23. The summed E-state index contributed by atoms with van der Waals surface area (Å²) in [4.78, 5) is 23.5. The minimum absolute atomic E-state index is 0.231. The second kappa shape index (κ2) is 7.00. The van der Waals surface area contributed by atoms with Crippen molar-refractivity contribution in [1.29, 1.82) is 0 Å². The quantitative estimate of drug-likeness (QED) is 0.785. The highest BCUT2D eigenvalue weighted by atomic mass is 16.3. The van der Waals surface area contributed by atoms with Crippen molar-refractivity contribution < 1.29 is 9.21 Å². The summed E-state index contributed by atoms with van der Waals surface area (Å²) in [6, 6.07) is 13.8. The standard InChI is InChI=1S/C20H20N4O2/c1-14-22-18(20(25)21-12-17-7-4-10-26-17)11-19(23-14)24-9-8-15-5-2-3-6-16(15)13-24/h2-7,10-11H,8-9,12-13H2,1H3,(H,21,25). The van der Waals surface area contributed by atoms with Crippen molar-refractivity contribution in [1.82, 2.24) is 15.3 Å². The monoisotopic (exact) mass is 348 g/mol. The van der Waals surface area contributed by atoms with Crippen LogP contribution in [-0.2, 0) is 19.5 Å². The lowest BCUT2D eigenvalue weighted by atomic mass is 10.00. The zero-order valence-electron chi connectivity index (χ0n) is 14.6. The SMILES string of the molecule is Cc1nc(C(=O)NCc2ccco2)cc(N2CCc3ccccc3C2)n1. The zero-order chi connectivity index (χ0) is 17.9. The van der Waals surface area contributed by atoms with Crippen LogP contribution in [0.15, 0.2) is 53.1 Å². The fourth-order valence-electron chi connectivity index (χ4n) is 3.19. The Morgan fingerprint density at radius 3 is 2.85 bits per heavy atom. The van der Waals surface area contributed by atoms with Crippen molar-refractivity contribution in [3.63, 3.8) is 0 Å². The van der Waals surface area contributed by atoms with Gasteiger partial charge in [0.2, 0.25) is 0 Å².